The summed E-state index contributed by atoms with van der Waals surface area (Å²) in [5.41, 5.74) is 3.95. The van der Waals surface area contributed by atoms with Gasteiger partial charge in [0, 0.05) is 6.04 Å². The number of hydrogen-bond donors (Lipinski definition) is 0. The highest BCUT2D eigenvalue weighted by molar-refractivity contribution is 5.80. The highest BCUT2D eigenvalue weighted by Gasteiger charge is 2.15. The smallest absolute Gasteiger partial charge is 0.114 e. The van der Waals surface area contributed by atoms with Gasteiger partial charge in [0.1, 0.15) is 11.3 Å². The summed E-state index contributed by atoms with van der Waals surface area (Å²) in [5, 5.41) is 8.25. The van der Waals surface area contributed by atoms with Crippen LogP contribution in [0.25, 0.3) is 11.0 Å². The minimum Gasteiger partial charge on any atom is -0.324 e. The van der Waals surface area contributed by atoms with E-state index in [1.165, 1.54) is 0 Å². The van der Waals surface area contributed by atoms with Gasteiger partial charge in [0.25, 0.3) is 0 Å². The summed E-state index contributed by atoms with van der Waals surface area (Å²) < 4.78 is 2.21. The summed E-state index contributed by atoms with van der Waals surface area (Å²) in [6, 6.07) is 0.400. The van der Waals surface area contributed by atoms with E-state index in [1.807, 2.05) is 20.8 Å². The van der Waals surface area contributed by atoms with E-state index in [9.17, 15) is 0 Å². The maximum absolute atomic E-state index is 4.56. The Morgan fingerprint density at radius 2 is 1.60 bits per heavy atom. The van der Waals surface area contributed by atoms with E-state index in [2.05, 4.69) is 33.6 Å². The second kappa shape index (κ2) is 3.29. The van der Waals surface area contributed by atoms with Gasteiger partial charge in [-0.1, -0.05) is 0 Å². The fourth-order valence-electron chi connectivity index (χ4n) is 2.02. The highest BCUT2D eigenvalue weighted by atomic mass is 15.2. The molecule has 0 atom stereocenters. The van der Waals surface area contributed by atoms with Crippen LogP contribution in [0.5, 0.6) is 0 Å². The summed E-state index contributed by atoms with van der Waals surface area (Å²) in [4.78, 5) is 4.56. The largest absolute Gasteiger partial charge is 0.324 e. The SMILES string of the molecule is Cc1nnc(C)c2c1nc(C)n2C(C)C. The molecule has 0 aliphatic heterocycles. The molecule has 0 spiro atoms. The van der Waals surface area contributed by atoms with Gasteiger partial charge < -0.3 is 4.57 Å². The van der Waals surface area contributed by atoms with Crippen molar-refractivity contribution in [3.63, 3.8) is 0 Å². The number of imidazole rings is 1. The molecule has 0 aliphatic carbocycles. The predicted molar refractivity (Wildman–Crippen MR) is 59.9 cm³/mol. The first-order chi connectivity index (χ1) is 7.02. The average molecular weight is 204 g/mol. The minimum absolute atomic E-state index is 0.400. The van der Waals surface area contributed by atoms with Crippen molar-refractivity contribution in [2.45, 2.75) is 40.7 Å². The molecule has 0 amide bonds. The molecule has 0 fully saturated rings. The quantitative estimate of drug-likeness (QED) is 0.716. The van der Waals surface area contributed by atoms with E-state index in [-0.39, 0.29) is 0 Å². The molecule has 4 nitrogen and oxygen atoms in total. The van der Waals surface area contributed by atoms with Gasteiger partial charge in [-0.2, -0.15) is 10.2 Å². The molecule has 2 rings (SSSR count). The zero-order valence-electron chi connectivity index (χ0n) is 9.87. The van der Waals surface area contributed by atoms with E-state index in [0.29, 0.717) is 6.04 Å². The first-order valence-electron chi connectivity index (χ1n) is 5.20. The second-order valence-corrected chi connectivity index (χ2v) is 4.19. The van der Waals surface area contributed by atoms with Crippen LogP contribution in [0.1, 0.15) is 37.1 Å². The molecule has 0 saturated heterocycles. The summed E-state index contributed by atoms with van der Waals surface area (Å²) in [7, 11) is 0. The molecule has 0 bridgehead atoms. The molecule has 80 valence electrons. The normalized spacial score (nSPS) is 11.6. The van der Waals surface area contributed by atoms with Gasteiger partial charge in [0.2, 0.25) is 0 Å². The van der Waals surface area contributed by atoms with Gasteiger partial charge in [-0.15, -0.1) is 0 Å². The van der Waals surface area contributed by atoms with Crippen LogP contribution in [-0.4, -0.2) is 19.7 Å². The van der Waals surface area contributed by atoms with Crippen LogP contribution >= 0.6 is 0 Å². The standard InChI is InChI=1S/C11H16N4/c1-6(2)15-9(5)12-10-7(3)13-14-8(4)11(10)15/h6H,1-5H3. The summed E-state index contributed by atoms with van der Waals surface area (Å²) >= 11 is 0. The molecule has 0 aliphatic rings. The number of aromatic nitrogens is 4. The van der Waals surface area contributed by atoms with Crippen molar-refractivity contribution in [1.29, 1.82) is 0 Å². The third-order valence-corrected chi connectivity index (χ3v) is 2.64. The zero-order valence-corrected chi connectivity index (χ0v) is 9.87. The monoisotopic (exact) mass is 204 g/mol. The molecule has 0 saturated carbocycles. The topological polar surface area (TPSA) is 43.6 Å². The molecule has 2 aromatic heterocycles. The first-order valence-corrected chi connectivity index (χ1v) is 5.20. The van der Waals surface area contributed by atoms with Crippen LogP contribution in [0, 0.1) is 20.8 Å². The maximum Gasteiger partial charge on any atom is 0.114 e. The predicted octanol–water partition coefficient (Wildman–Crippen LogP) is 2.33. The molecular weight excluding hydrogens is 188 g/mol. The Hall–Kier alpha value is -1.45. The molecule has 15 heavy (non-hydrogen) atoms. The fourth-order valence-corrected chi connectivity index (χ4v) is 2.02. The van der Waals surface area contributed by atoms with Crippen molar-refractivity contribution in [3.8, 4) is 0 Å². The van der Waals surface area contributed by atoms with Gasteiger partial charge in [-0.05, 0) is 34.6 Å². The van der Waals surface area contributed by atoms with Crippen LogP contribution in [-0.2, 0) is 0 Å². The Bertz CT molecular complexity index is 511. The van der Waals surface area contributed by atoms with Gasteiger partial charge in [0.15, 0.2) is 0 Å². The van der Waals surface area contributed by atoms with Crippen LogP contribution in [0.4, 0.5) is 0 Å². The molecule has 0 N–H and O–H groups in total. The third kappa shape index (κ3) is 1.40. The van der Waals surface area contributed by atoms with Gasteiger partial charge in [-0.25, -0.2) is 4.98 Å². The molecule has 0 radical (unpaired) electrons. The van der Waals surface area contributed by atoms with Crippen molar-refractivity contribution in [2.24, 2.45) is 0 Å². The van der Waals surface area contributed by atoms with Crippen molar-refractivity contribution in [3.05, 3.63) is 17.2 Å². The van der Waals surface area contributed by atoms with Crippen LogP contribution < -0.4 is 0 Å². The second-order valence-electron chi connectivity index (χ2n) is 4.19. The van der Waals surface area contributed by atoms with E-state index < -0.39 is 0 Å². The summed E-state index contributed by atoms with van der Waals surface area (Å²) in [6.45, 7) is 10.3. The Morgan fingerprint density at radius 1 is 1.00 bits per heavy atom. The molecule has 0 aromatic carbocycles. The maximum atomic E-state index is 4.56. The number of hydrogen-bond acceptors (Lipinski definition) is 3. The van der Waals surface area contributed by atoms with Crippen LogP contribution in [0.15, 0.2) is 0 Å². The minimum atomic E-state index is 0.400. The summed E-state index contributed by atoms with van der Waals surface area (Å²) in [6.07, 6.45) is 0. The van der Waals surface area contributed by atoms with Gasteiger partial charge in [0.05, 0.1) is 16.9 Å². The van der Waals surface area contributed by atoms with Gasteiger partial charge in [-0.3, -0.25) is 0 Å². The molecule has 2 aromatic rings. The number of nitrogens with zero attached hydrogens (tertiary/aromatic N) is 4. The lowest BCUT2D eigenvalue weighted by Crippen LogP contribution is -2.05. The number of aryl methyl sites for hydroxylation is 3. The fraction of sp³-hybridized carbons (Fsp3) is 0.545. The van der Waals surface area contributed by atoms with Crippen molar-refractivity contribution in [2.75, 3.05) is 0 Å². The molecule has 4 heteroatoms. The Kier molecular flexibility index (Phi) is 2.21. The van der Waals surface area contributed by atoms with Gasteiger partial charge >= 0.3 is 0 Å². The number of rotatable bonds is 1. The van der Waals surface area contributed by atoms with Crippen LogP contribution in [0.3, 0.4) is 0 Å². The molecule has 0 unspecified atom stereocenters. The highest BCUT2D eigenvalue weighted by Crippen LogP contribution is 2.23. The lowest BCUT2D eigenvalue weighted by molar-refractivity contribution is 0.598. The average Bonchev–Trinajstić information content (AvgIpc) is 2.50. The Balaban J connectivity index is 2.92. The zero-order chi connectivity index (χ0) is 11.2. The third-order valence-electron chi connectivity index (χ3n) is 2.64. The first kappa shape index (κ1) is 10.1. The van der Waals surface area contributed by atoms with Crippen molar-refractivity contribution >= 4 is 11.0 Å². The van der Waals surface area contributed by atoms with E-state index in [1.54, 1.807) is 0 Å². The van der Waals surface area contributed by atoms with Crippen molar-refractivity contribution < 1.29 is 0 Å². The Morgan fingerprint density at radius 3 is 2.20 bits per heavy atom. The van der Waals surface area contributed by atoms with E-state index in [4.69, 9.17) is 0 Å². The van der Waals surface area contributed by atoms with E-state index in [0.717, 1.165) is 28.2 Å². The summed E-state index contributed by atoms with van der Waals surface area (Å²) in [5.74, 6) is 1.03. The van der Waals surface area contributed by atoms with Crippen LogP contribution in [0.2, 0.25) is 0 Å². The number of fused-ring (bicyclic) bond motifs is 1. The Labute approximate surface area is 89.3 Å². The lowest BCUT2D eigenvalue weighted by atomic mass is 10.2. The lowest BCUT2D eigenvalue weighted by Gasteiger charge is -2.11. The molecule has 2 heterocycles. The van der Waals surface area contributed by atoms with E-state index >= 15 is 0 Å². The van der Waals surface area contributed by atoms with Crippen molar-refractivity contribution in [1.82, 2.24) is 19.7 Å². The molecular formula is C11H16N4.